The molecular formula is C39H77NO4. The van der Waals surface area contributed by atoms with Crippen molar-refractivity contribution in [3.63, 3.8) is 0 Å². The molecule has 0 radical (unpaired) electrons. The van der Waals surface area contributed by atoms with Crippen LogP contribution in [0.2, 0.25) is 0 Å². The van der Waals surface area contributed by atoms with Crippen LogP contribution in [0.5, 0.6) is 0 Å². The fraction of sp³-hybridized carbons (Fsp3) is 0.949. The molecule has 0 amide bonds. The van der Waals surface area contributed by atoms with Crippen molar-refractivity contribution in [1.82, 2.24) is 5.32 Å². The van der Waals surface area contributed by atoms with Crippen LogP contribution in [-0.2, 0) is 19.1 Å². The summed E-state index contributed by atoms with van der Waals surface area (Å²) in [6.45, 7) is 9.22. The monoisotopic (exact) mass is 624 g/mol. The minimum absolute atomic E-state index is 0.0185. The number of nitrogens with one attached hydrogen (secondary N) is 1. The Hall–Kier alpha value is -1.10. The lowest BCUT2D eigenvalue weighted by atomic mass is 10.0. The number of rotatable bonds is 36. The van der Waals surface area contributed by atoms with Crippen LogP contribution >= 0.6 is 0 Å². The van der Waals surface area contributed by atoms with E-state index in [2.05, 4.69) is 26.1 Å². The average Bonchev–Trinajstić information content (AvgIpc) is 3.02. The Morgan fingerprint density at radius 1 is 0.455 bits per heavy atom. The van der Waals surface area contributed by atoms with Crippen LogP contribution < -0.4 is 5.32 Å². The number of esters is 2. The second-order valence-corrected chi connectivity index (χ2v) is 13.3. The van der Waals surface area contributed by atoms with Crippen molar-refractivity contribution in [1.29, 1.82) is 0 Å². The summed E-state index contributed by atoms with van der Waals surface area (Å²) in [6, 6.07) is 0. The third-order valence-corrected chi connectivity index (χ3v) is 8.79. The van der Waals surface area contributed by atoms with Crippen molar-refractivity contribution >= 4 is 11.9 Å². The van der Waals surface area contributed by atoms with Gasteiger partial charge in [0.05, 0.1) is 6.61 Å². The predicted octanol–water partition coefficient (Wildman–Crippen LogP) is 11.8. The molecule has 0 spiro atoms. The molecule has 0 aromatic heterocycles. The standard InChI is InChI=1S/C39H77NO4/c1-4-7-10-13-16-17-23-28-36-43-38(41)33-29-35-40-34-27-22-18-21-26-32-39(42)44-37(30-24-19-14-11-8-5-2)31-25-20-15-12-9-6-3/h37,40H,4-36H2,1-3H3. The molecule has 0 fully saturated rings. The SMILES string of the molecule is CCCCCCCCCCOC(=O)CCCNCCCCCCCC(=O)OC(CCCCCCCC)CCCCCCCC. The van der Waals surface area contributed by atoms with Gasteiger partial charge in [-0.1, -0.05) is 149 Å². The second kappa shape index (κ2) is 36.4. The average molecular weight is 624 g/mol. The van der Waals surface area contributed by atoms with Crippen LogP contribution in [0.25, 0.3) is 0 Å². The zero-order chi connectivity index (χ0) is 32.2. The lowest BCUT2D eigenvalue weighted by Gasteiger charge is -2.18. The van der Waals surface area contributed by atoms with Gasteiger partial charge in [-0.25, -0.2) is 0 Å². The van der Waals surface area contributed by atoms with Crippen molar-refractivity contribution < 1.29 is 19.1 Å². The van der Waals surface area contributed by atoms with Crippen molar-refractivity contribution in [2.75, 3.05) is 19.7 Å². The molecule has 0 heterocycles. The molecule has 0 aliphatic rings. The van der Waals surface area contributed by atoms with E-state index in [-0.39, 0.29) is 18.0 Å². The number of hydrogen-bond donors (Lipinski definition) is 1. The lowest BCUT2D eigenvalue weighted by molar-refractivity contribution is -0.150. The van der Waals surface area contributed by atoms with E-state index in [1.165, 1.54) is 135 Å². The molecule has 0 aliphatic carbocycles. The fourth-order valence-electron chi connectivity index (χ4n) is 5.84. The van der Waals surface area contributed by atoms with Gasteiger partial charge in [0.1, 0.15) is 6.10 Å². The maximum Gasteiger partial charge on any atom is 0.306 e. The zero-order valence-corrected chi connectivity index (χ0v) is 30.0. The number of hydrogen-bond acceptors (Lipinski definition) is 5. The van der Waals surface area contributed by atoms with E-state index in [1.807, 2.05) is 0 Å². The molecule has 0 unspecified atom stereocenters. The summed E-state index contributed by atoms with van der Waals surface area (Å²) in [6.07, 6.45) is 35.2. The first kappa shape index (κ1) is 42.9. The second-order valence-electron chi connectivity index (χ2n) is 13.3. The van der Waals surface area contributed by atoms with Crippen molar-refractivity contribution in [3.05, 3.63) is 0 Å². The maximum atomic E-state index is 12.6. The van der Waals surface area contributed by atoms with Gasteiger partial charge in [-0.05, 0) is 64.5 Å². The van der Waals surface area contributed by atoms with E-state index in [0.29, 0.717) is 19.4 Å². The first-order chi connectivity index (χ1) is 21.6. The molecule has 44 heavy (non-hydrogen) atoms. The summed E-state index contributed by atoms with van der Waals surface area (Å²) in [4.78, 5) is 24.5. The minimum Gasteiger partial charge on any atom is -0.466 e. The van der Waals surface area contributed by atoms with Gasteiger partial charge in [-0.3, -0.25) is 9.59 Å². The van der Waals surface area contributed by atoms with E-state index >= 15 is 0 Å². The zero-order valence-electron chi connectivity index (χ0n) is 30.0. The van der Waals surface area contributed by atoms with E-state index < -0.39 is 0 Å². The van der Waals surface area contributed by atoms with E-state index in [1.54, 1.807) is 0 Å². The van der Waals surface area contributed by atoms with Crippen LogP contribution in [0.4, 0.5) is 0 Å². The largest absolute Gasteiger partial charge is 0.466 e. The first-order valence-electron chi connectivity index (χ1n) is 19.7. The highest BCUT2D eigenvalue weighted by atomic mass is 16.5. The number of carbonyl (C=O) groups excluding carboxylic acids is 2. The van der Waals surface area contributed by atoms with Gasteiger partial charge >= 0.3 is 11.9 Å². The van der Waals surface area contributed by atoms with Gasteiger partial charge < -0.3 is 14.8 Å². The van der Waals surface area contributed by atoms with Gasteiger partial charge in [0.2, 0.25) is 0 Å². The van der Waals surface area contributed by atoms with Crippen LogP contribution in [0.15, 0.2) is 0 Å². The molecule has 0 saturated carbocycles. The lowest BCUT2D eigenvalue weighted by Crippen LogP contribution is -2.18. The topological polar surface area (TPSA) is 64.6 Å². The third-order valence-electron chi connectivity index (χ3n) is 8.79. The maximum absolute atomic E-state index is 12.6. The Kier molecular flexibility index (Phi) is 35.5. The number of carbonyl (C=O) groups is 2. The van der Waals surface area contributed by atoms with E-state index in [4.69, 9.17) is 9.47 Å². The Bertz CT molecular complexity index is 581. The fourth-order valence-corrected chi connectivity index (χ4v) is 5.84. The Morgan fingerprint density at radius 2 is 0.864 bits per heavy atom. The van der Waals surface area contributed by atoms with Crippen LogP contribution in [0.1, 0.15) is 213 Å². The first-order valence-corrected chi connectivity index (χ1v) is 19.7. The molecule has 0 aromatic carbocycles. The van der Waals surface area contributed by atoms with Gasteiger partial charge in [0.15, 0.2) is 0 Å². The molecule has 0 bridgehead atoms. The minimum atomic E-state index is -0.0515. The Balaban J connectivity index is 3.71. The molecule has 5 heteroatoms. The van der Waals surface area contributed by atoms with Crippen LogP contribution in [-0.4, -0.2) is 37.7 Å². The highest BCUT2D eigenvalue weighted by molar-refractivity contribution is 5.69. The summed E-state index contributed by atoms with van der Waals surface area (Å²) in [5.41, 5.74) is 0. The molecule has 0 aliphatic heterocycles. The van der Waals surface area contributed by atoms with Crippen LogP contribution in [0.3, 0.4) is 0 Å². The van der Waals surface area contributed by atoms with E-state index in [9.17, 15) is 9.59 Å². The molecule has 5 nitrogen and oxygen atoms in total. The molecule has 0 atom stereocenters. The third kappa shape index (κ3) is 33.8. The van der Waals surface area contributed by atoms with Crippen LogP contribution in [0, 0.1) is 0 Å². The summed E-state index contributed by atoms with van der Waals surface area (Å²) in [5, 5.41) is 3.46. The smallest absolute Gasteiger partial charge is 0.306 e. The highest BCUT2D eigenvalue weighted by Crippen LogP contribution is 2.18. The number of unbranched alkanes of at least 4 members (excludes halogenated alkanes) is 21. The molecular weight excluding hydrogens is 546 g/mol. The molecule has 0 rings (SSSR count). The van der Waals surface area contributed by atoms with Gasteiger partial charge in [0, 0.05) is 12.8 Å². The summed E-state index contributed by atoms with van der Waals surface area (Å²) in [7, 11) is 0. The van der Waals surface area contributed by atoms with Crippen molar-refractivity contribution in [2.45, 2.75) is 219 Å². The summed E-state index contributed by atoms with van der Waals surface area (Å²) in [5.74, 6) is -0.0330. The predicted molar refractivity (Wildman–Crippen MR) is 189 cm³/mol. The Labute approximate surface area is 275 Å². The molecule has 262 valence electrons. The van der Waals surface area contributed by atoms with Gasteiger partial charge in [0.25, 0.3) is 0 Å². The molecule has 1 N–H and O–H groups in total. The molecule has 0 saturated heterocycles. The number of ether oxygens (including phenoxy) is 2. The van der Waals surface area contributed by atoms with Crippen molar-refractivity contribution in [2.24, 2.45) is 0 Å². The normalized spacial score (nSPS) is 11.4. The summed E-state index contributed by atoms with van der Waals surface area (Å²) >= 11 is 0. The summed E-state index contributed by atoms with van der Waals surface area (Å²) < 4.78 is 11.4. The molecule has 0 aromatic rings. The Morgan fingerprint density at radius 3 is 1.41 bits per heavy atom. The van der Waals surface area contributed by atoms with Crippen molar-refractivity contribution in [3.8, 4) is 0 Å². The van der Waals surface area contributed by atoms with Gasteiger partial charge in [-0.2, -0.15) is 0 Å². The highest BCUT2D eigenvalue weighted by Gasteiger charge is 2.14. The van der Waals surface area contributed by atoms with Gasteiger partial charge in [-0.15, -0.1) is 0 Å². The quantitative estimate of drug-likeness (QED) is 0.0555. The van der Waals surface area contributed by atoms with E-state index in [0.717, 1.165) is 58.0 Å².